The average Bonchev–Trinajstić information content (AvgIpc) is 1.97. The molecule has 0 saturated carbocycles. The summed E-state index contributed by atoms with van der Waals surface area (Å²) in [4.78, 5) is 13.2. The predicted molar refractivity (Wildman–Crippen MR) is 39.4 cm³/mol. The molecule has 62 valence electrons. The van der Waals surface area contributed by atoms with Crippen LogP contribution in [-0.4, -0.2) is 31.2 Å². The van der Waals surface area contributed by atoms with Crippen molar-refractivity contribution in [3.8, 4) is 0 Å². The van der Waals surface area contributed by atoms with Crippen molar-refractivity contribution >= 4 is 6.03 Å². The molecule has 7 heteroatoms. The van der Waals surface area contributed by atoms with Crippen LogP contribution in [0.15, 0.2) is 5.11 Å². The lowest BCUT2D eigenvalue weighted by molar-refractivity contribution is 0.210. The largest absolute Gasteiger partial charge is 0.337 e. The first-order valence-corrected chi connectivity index (χ1v) is 2.95. The lowest BCUT2D eigenvalue weighted by atomic mass is 10.6. The highest BCUT2D eigenvalue weighted by Gasteiger charge is 1.99. The van der Waals surface area contributed by atoms with Crippen molar-refractivity contribution in [1.82, 2.24) is 10.3 Å². The van der Waals surface area contributed by atoms with Crippen molar-refractivity contribution in [3.05, 3.63) is 10.4 Å². The van der Waals surface area contributed by atoms with Crippen LogP contribution >= 0.6 is 0 Å². The quantitative estimate of drug-likeness (QED) is 0.113. The van der Waals surface area contributed by atoms with Gasteiger partial charge in [0.15, 0.2) is 0 Å². The third kappa shape index (κ3) is 5.01. The van der Waals surface area contributed by atoms with Crippen LogP contribution in [0.2, 0.25) is 0 Å². The molecule has 0 aromatic carbocycles. The number of nitrogens with zero attached hydrogens (tertiary/aromatic N) is 4. The molecule has 0 unspecified atom stereocenters. The van der Waals surface area contributed by atoms with E-state index in [0.717, 1.165) is 5.01 Å². The Morgan fingerprint density at radius 3 is 3.00 bits per heavy atom. The fourth-order valence-electron chi connectivity index (χ4n) is 0.382. The number of nitrogens with two attached hydrogens (primary N) is 1. The van der Waals surface area contributed by atoms with Gasteiger partial charge >= 0.3 is 6.03 Å². The van der Waals surface area contributed by atoms with Gasteiger partial charge in [-0.15, -0.1) is 0 Å². The number of nitrogens with one attached hydrogen (secondary N) is 1. The fraction of sp³-hybridized carbons (Fsp3) is 0.750. The molecule has 11 heavy (non-hydrogen) atoms. The summed E-state index contributed by atoms with van der Waals surface area (Å²) < 4.78 is 0. The summed E-state index contributed by atoms with van der Waals surface area (Å²) in [5.41, 5.74) is 7.85. The van der Waals surface area contributed by atoms with Crippen LogP contribution in [0.5, 0.6) is 0 Å². The van der Waals surface area contributed by atoms with Crippen molar-refractivity contribution in [1.29, 1.82) is 0 Å². The smallest absolute Gasteiger partial charge is 0.331 e. The number of azide groups is 1. The Labute approximate surface area is 63.7 Å². The van der Waals surface area contributed by atoms with Crippen molar-refractivity contribution in [2.45, 2.75) is 0 Å². The Bertz CT molecular complexity index is 171. The van der Waals surface area contributed by atoms with Crippen LogP contribution in [0, 0.1) is 0 Å². The van der Waals surface area contributed by atoms with Gasteiger partial charge in [0.05, 0.1) is 0 Å². The van der Waals surface area contributed by atoms with E-state index < -0.39 is 6.03 Å². The molecular formula is C4H10N6O. The number of hydrogen-bond donors (Lipinski definition) is 2. The summed E-state index contributed by atoms with van der Waals surface area (Å²) >= 11 is 0. The fourth-order valence-corrected chi connectivity index (χ4v) is 0.382. The van der Waals surface area contributed by atoms with E-state index in [0.29, 0.717) is 6.54 Å². The third-order valence-corrected chi connectivity index (χ3v) is 0.872. The van der Waals surface area contributed by atoms with E-state index in [-0.39, 0.29) is 6.54 Å². The summed E-state index contributed by atoms with van der Waals surface area (Å²) in [6, 6.07) is -0.405. The van der Waals surface area contributed by atoms with Gasteiger partial charge in [0.25, 0.3) is 0 Å². The molecule has 2 amide bonds. The van der Waals surface area contributed by atoms with E-state index in [1.807, 2.05) is 0 Å². The monoisotopic (exact) mass is 158 g/mol. The molecule has 0 radical (unpaired) electrons. The minimum Gasteiger partial charge on any atom is -0.337 e. The zero-order valence-electron chi connectivity index (χ0n) is 6.19. The minimum atomic E-state index is -0.405. The number of carbonyl (C=O) groups excluding carboxylic acids is 1. The van der Waals surface area contributed by atoms with Crippen LogP contribution < -0.4 is 11.2 Å². The maximum atomic E-state index is 10.7. The summed E-state index contributed by atoms with van der Waals surface area (Å²) in [6.07, 6.45) is 0. The molecule has 0 rings (SSSR count). The highest BCUT2D eigenvalue weighted by molar-refractivity contribution is 5.72. The maximum absolute atomic E-state index is 10.7. The second-order valence-corrected chi connectivity index (χ2v) is 1.80. The summed E-state index contributed by atoms with van der Waals surface area (Å²) in [5, 5.41) is 6.54. The molecule has 0 aromatic heterocycles. The number of rotatable bonds is 3. The van der Waals surface area contributed by atoms with Crippen LogP contribution in [0.3, 0.4) is 0 Å². The van der Waals surface area contributed by atoms with E-state index in [2.05, 4.69) is 15.3 Å². The van der Waals surface area contributed by atoms with Gasteiger partial charge < -0.3 is 5.32 Å². The Kier molecular flexibility index (Phi) is 4.63. The standard InChI is InChI=1S/C4H10N6O/c1-10(6)4(11)7-2-3-8-9-5/h2-3,6H2,1H3,(H,7,11). The van der Waals surface area contributed by atoms with Gasteiger partial charge in [-0.2, -0.15) is 0 Å². The van der Waals surface area contributed by atoms with E-state index in [4.69, 9.17) is 11.4 Å². The second kappa shape index (κ2) is 5.33. The Hall–Kier alpha value is -1.46. The van der Waals surface area contributed by atoms with Crippen LogP contribution in [-0.2, 0) is 0 Å². The molecule has 0 aliphatic heterocycles. The molecule has 0 fully saturated rings. The van der Waals surface area contributed by atoms with Gasteiger partial charge in [-0.25, -0.2) is 10.6 Å². The normalized spacial score (nSPS) is 8.18. The first-order chi connectivity index (χ1) is 5.18. The lowest BCUT2D eigenvalue weighted by Gasteiger charge is -2.09. The minimum absolute atomic E-state index is 0.232. The molecular weight excluding hydrogens is 148 g/mol. The predicted octanol–water partition coefficient (Wildman–Crippen LogP) is -0.188. The molecule has 0 aromatic rings. The number of hydrazine groups is 1. The molecule has 0 bridgehead atoms. The summed E-state index contributed by atoms with van der Waals surface area (Å²) in [6.45, 7) is 0.528. The molecule has 3 N–H and O–H groups in total. The Balaban J connectivity index is 3.39. The van der Waals surface area contributed by atoms with Crippen LogP contribution in [0.25, 0.3) is 10.4 Å². The SMILES string of the molecule is CN(N)C(=O)NCCN=[N+]=[N-]. The molecule has 0 saturated heterocycles. The van der Waals surface area contributed by atoms with E-state index in [1.165, 1.54) is 7.05 Å². The van der Waals surface area contributed by atoms with Gasteiger partial charge in [0, 0.05) is 25.0 Å². The summed E-state index contributed by atoms with van der Waals surface area (Å²) in [5.74, 6) is 5.07. The lowest BCUT2D eigenvalue weighted by Crippen LogP contribution is -2.42. The first-order valence-electron chi connectivity index (χ1n) is 2.95. The van der Waals surface area contributed by atoms with Crippen molar-refractivity contribution in [2.24, 2.45) is 11.0 Å². The third-order valence-electron chi connectivity index (χ3n) is 0.872. The van der Waals surface area contributed by atoms with E-state index in [9.17, 15) is 4.79 Å². The van der Waals surface area contributed by atoms with Crippen LogP contribution in [0.4, 0.5) is 4.79 Å². The highest BCUT2D eigenvalue weighted by atomic mass is 16.2. The number of amides is 2. The molecule has 0 atom stereocenters. The average molecular weight is 158 g/mol. The van der Waals surface area contributed by atoms with Gasteiger partial charge in [0.2, 0.25) is 0 Å². The Morgan fingerprint density at radius 1 is 1.91 bits per heavy atom. The van der Waals surface area contributed by atoms with Gasteiger partial charge in [-0.3, -0.25) is 5.01 Å². The maximum Gasteiger partial charge on any atom is 0.331 e. The molecule has 7 nitrogen and oxygen atoms in total. The molecule has 0 aliphatic carbocycles. The zero-order chi connectivity index (χ0) is 8.69. The van der Waals surface area contributed by atoms with E-state index >= 15 is 0 Å². The van der Waals surface area contributed by atoms with Crippen molar-refractivity contribution < 1.29 is 4.79 Å². The first kappa shape index (κ1) is 9.54. The Morgan fingerprint density at radius 2 is 2.55 bits per heavy atom. The number of hydrogen-bond acceptors (Lipinski definition) is 3. The van der Waals surface area contributed by atoms with E-state index in [1.54, 1.807) is 0 Å². The van der Waals surface area contributed by atoms with Gasteiger partial charge in [-0.1, -0.05) is 5.11 Å². The topological polar surface area (TPSA) is 107 Å². The van der Waals surface area contributed by atoms with Crippen molar-refractivity contribution in [2.75, 3.05) is 20.1 Å². The van der Waals surface area contributed by atoms with Gasteiger partial charge in [-0.05, 0) is 5.53 Å². The second-order valence-electron chi connectivity index (χ2n) is 1.80. The van der Waals surface area contributed by atoms with Crippen molar-refractivity contribution in [3.63, 3.8) is 0 Å². The summed E-state index contributed by atoms with van der Waals surface area (Å²) in [7, 11) is 1.42. The number of urea groups is 1. The van der Waals surface area contributed by atoms with Crippen LogP contribution in [0.1, 0.15) is 0 Å². The molecule has 0 spiro atoms. The molecule has 0 aliphatic rings. The zero-order valence-corrected chi connectivity index (χ0v) is 6.19. The highest BCUT2D eigenvalue weighted by Crippen LogP contribution is 1.73. The number of carbonyl (C=O) groups is 1. The molecule has 0 heterocycles. The van der Waals surface area contributed by atoms with Gasteiger partial charge in [0.1, 0.15) is 0 Å².